The van der Waals surface area contributed by atoms with Crippen molar-refractivity contribution in [2.75, 3.05) is 6.54 Å². The first-order valence-electron chi connectivity index (χ1n) is 7.26. The maximum atomic E-state index is 13.3. The number of β-amino-alcohol motifs (C(OH)–C–C–N with tert-alkyl or cyclic N) is 1. The molecule has 0 aliphatic carbocycles. The van der Waals surface area contributed by atoms with Gasteiger partial charge in [0.1, 0.15) is 5.69 Å². The predicted molar refractivity (Wildman–Crippen MR) is 81.6 cm³/mol. The number of hydrogen-bond donors (Lipinski definition) is 2. The summed E-state index contributed by atoms with van der Waals surface area (Å²) in [6.45, 7) is -0.0354. The molecule has 1 aromatic carbocycles. The van der Waals surface area contributed by atoms with Crippen molar-refractivity contribution in [3.63, 3.8) is 0 Å². The van der Waals surface area contributed by atoms with Crippen LogP contribution >= 0.6 is 11.6 Å². The Kier molecular flexibility index (Phi) is 4.31. The Labute approximate surface area is 140 Å². The Hall–Kier alpha value is -1.99. The van der Waals surface area contributed by atoms with E-state index in [1.807, 2.05) is 0 Å². The van der Waals surface area contributed by atoms with E-state index >= 15 is 0 Å². The highest BCUT2D eigenvalue weighted by atomic mass is 35.5. The number of nitrogens with one attached hydrogen (secondary N) is 1. The Bertz CT molecular complexity index is 760. The van der Waals surface area contributed by atoms with Gasteiger partial charge in [-0.1, -0.05) is 29.8 Å². The average Bonchev–Trinajstić information content (AvgIpc) is 3.12. The molecule has 0 saturated carbocycles. The molecule has 2 atom stereocenters. The number of carbonyl (C=O) groups excluding carboxylic acids is 1. The van der Waals surface area contributed by atoms with Gasteiger partial charge in [0.2, 0.25) is 0 Å². The fourth-order valence-corrected chi connectivity index (χ4v) is 3.19. The van der Waals surface area contributed by atoms with E-state index in [-0.39, 0.29) is 24.2 Å². The second kappa shape index (κ2) is 6.14. The van der Waals surface area contributed by atoms with Gasteiger partial charge in [0.25, 0.3) is 5.91 Å². The number of amides is 1. The van der Waals surface area contributed by atoms with Crippen molar-refractivity contribution in [2.24, 2.45) is 0 Å². The van der Waals surface area contributed by atoms with E-state index < -0.39 is 29.8 Å². The van der Waals surface area contributed by atoms with E-state index in [0.717, 1.165) is 6.07 Å². The number of nitrogens with zero attached hydrogens (tertiary/aromatic N) is 1. The zero-order valence-electron chi connectivity index (χ0n) is 12.3. The van der Waals surface area contributed by atoms with Crippen molar-refractivity contribution in [3.8, 4) is 0 Å². The molecule has 4 nitrogen and oxygen atoms in total. The second-order valence-corrected chi connectivity index (χ2v) is 6.12. The van der Waals surface area contributed by atoms with Gasteiger partial charge in [0, 0.05) is 12.7 Å². The summed E-state index contributed by atoms with van der Waals surface area (Å²) < 4.78 is 39.8. The van der Waals surface area contributed by atoms with E-state index in [1.54, 1.807) is 0 Å². The van der Waals surface area contributed by atoms with Crippen molar-refractivity contribution in [2.45, 2.75) is 24.7 Å². The Morgan fingerprint density at radius 2 is 2.04 bits per heavy atom. The van der Waals surface area contributed by atoms with Crippen LogP contribution in [0, 0.1) is 0 Å². The summed E-state index contributed by atoms with van der Waals surface area (Å²) in [5, 5.41) is 10.2. The Morgan fingerprint density at radius 3 is 2.67 bits per heavy atom. The number of aliphatic hydroxyl groups is 1. The summed E-state index contributed by atoms with van der Waals surface area (Å²) in [6, 6.07) is 5.66. The van der Waals surface area contributed by atoms with Gasteiger partial charge >= 0.3 is 6.18 Å². The van der Waals surface area contributed by atoms with E-state index in [4.69, 9.17) is 11.6 Å². The quantitative estimate of drug-likeness (QED) is 0.861. The number of aromatic amines is 1. The highest BCUT2D eigenvalue weighted by Gasteiger charge is 2.41. The van der Waals surface area contributed by atoms with Crippen molar-refractivity contribution < 1.29 is 23.1 Å². The third kappa shape index (κ3) is 3.14. The van der Waals surface area contributed by atoms with Crippen LogP contribution in [0.5, 0.6) is 0 Å². The first-order valence-corrected chi connectivity index (χ1v) is 7.64. The molecular formula is C16H14ClF3N2O2. The van der Waals surface area contributed by atoms with Gasteiger partial charge in [-0.3, -0.25) is 4.79 Å². The third-order valence-corrected chi connectivity index (χ3v) is 4.26. The number of carbonyl (C=O) groups is 1. The Morgan fingerprint density at radius 1 is 1.33 bits per heavy atom. The third-order valence-electron chi connectivity index (χ3n) is 4.04. The molecule has 128 valence electrons. The van der Waals surface area contributed by atoms with Crippen molar-refractivity contribution in [3.05, 3.63) is 58.4 Å². The lowest BCUT2D eigenvalue weighted by molar-refractivity contribution is -0.138. The fraction of sp³-hybridized carbons (Fsp3) is 0.312. The number of halogens is 4. The zero-order valence-corrected chi connectivity index (χ0v) is 13.1. The van der Waals surface area contributed by atoms with Crippen LogP contribution in [0.1, 0.15) is 34.1 Å². The number of rotatable bonds is 2. The molecule has 0 spiro atoms. The van der Waals surface area contributed by atoms with Crippen molar-refractivity contribution in [1.29, 1.82) is 0 Å². The van der Waals surface area contributed by atoms with Crippen molar-refractivity contribution in [1.82, 2.24) is 9.88 Å². The van der Waals surface area contributed by atoms with Crippen LogP contribution < -0.4 is 0 Å². The molecule has 3 rings (SSSR count). The molecule has 1 aromatic heterocycles. The summed E-state index contributed by atoms with van der Waals surface area (Å²) >= 11 is 5.78. The molecule has 0 radical (unpaired) electrons. The van der Waals surface area contributed by atoms with Crippen LogP contribution in [0.4, 0.5) is 13.2 Å². The van der Waals surface area contributed by atoms with Crippen LogP contribution in [-0.2, 0) is 6.18 Å². The lowest BCUT2D eigenvalue weighted by Gasteiger charge is -2.26. The minimum atomic E-state index is -4.53. The number of aromatic nitrogens is 1. The SMILES string of the molecule is O=C(c1cc(Cl)c[nH]1)N1C[C@@H](O)C[C@H]1c1ccccc1C(F)(F)F. The predicted octanol–water partition coefficient (Wildman–Crippen LogP) is 3.64. The minimum Gasteiger partial charge on any atom is -0.391 e. The van der Waals surface area contributed by atoms with Crippen LogP contribution in [0.15, 0.2) is 36.5 Å². The summed E-state index contributed by atoms with van der Waals surface area (Å²) in [6.07, 6.45) is -3.95. The van der Waals surface area contributed by atoms with Crippen molar-refractivity contribution >= 4 is 17.5 Å². The number of aliphatic hydroxyl groups excluding tert-OH is 1. The van der Waals surface area contributed by atoms with Gasteiger partial charge in [0.15, 0.2) is 0 Å². The molecule has 0 bridgehead atoms. The van der Waals surface area contributed by atoms with Gasteiger partial charge in [-0.05, 0) is 24.1 Å². The average molecular weight is 359 g/mol. The maximum absolute atomic E-state index is 13.3. The highest BCUT2D eigenvalue weighted by molar-refractivity contribution is 6.30. The molecule has 1 fully saturated rings. The van der Waals surface area contributed by atoms with Gasteiger partial charge < -0.3 is 15.0 Å². The summed E-state index contributed by atoms with van der Waals surface area (Å²) in [7, 11) is 0. The maximum Gasteiger partial charge on any atom is 0.416 e. The van der Waals surface area contributed by atoms with Gasteiger partial charge in [-0.25, -0.2) is 0 Å². The monoisotopic (exact) mass is 358 g/mol. The normalized spacial score (nSPS) is 21.3. The van der Waals surface area contributed by atoms with Gasteiger partial charge in [-0.2, -0.15) is 13.2 Å². The van der Waals surface area contributed by atoms with E-state index in [2.05, 4.69) is 4.98 Å². The topological polar surface area (TPSA) is 56.3 Å². The molecule has 2 N–H and O–H groups in total. The summed E-state index contributed by atoms with van der Waals surface area (Å²) in [4.78, 5) is 16.5. The molecule has 2 heterocycles. The standard InChI is InChI=1S/C16H14ClF3N2O2/c17-9-5-13(21-7-9)15(24)22-8-10(23)6-14(22)11-3-1-2-4-12(11)16(18,19)20/h1-5,7,10,14,21,23H,6,8H2/t10-,14-/m0/s1. The number of H-pyrrole nitrogens is 1. The largest absolute Gasteiger partial charge is 0.416 e. The first kappa shape index (κ1) is 16.9. The molecule has 0 unspecified atom stereocenters. The molecule has 8 heteroatoms. The molecule has 1 aliphatic rings. The molecule has 1 saturated heterocycles. The van der Waals surface area contributed by atoms with Crippen LogP contribution in [0.25, 0.3) is 0 Å². The number of hydrogen-bond acceptors (Lipinski definition) is 2. The molecule has 1 aliphatic heterocycles. The first-order chi connectivity index (χ1) is 11.3. The van der Waals surface area contributed by atoms with Crippen LogP contribution in [0.2, 0.25) is 5.02 Å². The van der Waals surface area contributed by atoms with Crippen LogP contribution in [-0.4, -0.2) is 33.5 Å². The lowest BCUT2D eigenvalue weighted by Crippen LogP contribution is -2.32. The second-order valence-electron chi connectivity index (χ2n) is 5.68. The summed E-state index contributed by atoms with van der Waals surface area (Å²) in [5.41, 5.74) is -0.650. The number of alkyl halides is 3. The number of benzene rings is 1. The van der Waals surface area contributed by atoms with E-state index in [0.29, 0.717) is 5.02 Å². The van der Waals surface area contributed by atoms with Gasteiger partial charge in [0.05, 0.1) is 22.7 Å². The fourth-order valence-electron chi connectivity index (χ4n) is 3.02. The number of likely N-dealkylation sites (tertiary alicyclic amines) is 1. The van der Waals surface area contributed by atoms with E-state index in [1.165, 1.54) is 35.4 Å². The zero-order chi connectivity index (χ0) is 17.5. The summed E-state index contributed by atoms with van der Waals surface area (Å²) in [5.74, 6) is -0.500. The lowest BCUT2D eigenvalue weighted by atomic mass is 9.97. The smallest absolute Gasteiger partial charge is 0.391 e. The highest BCUT2D eigenvalue weighted by Crippen LogP contribution is 2.40. The van der Waals surface area contributed by atoms with Crippen LogP contribution in [0.3, 0.4) is 0 Å². The van der Waals surface area contributed by atoms with Gasteiger partial charge in [-0.15, -0.1) is 0 Å². The minimum absolute atomic E-state index is 0.0208. The molecule has 24 heavy (non-hydrogen) atoms. The van der Waals surface area contributed by atoms with E-state index in [9.17, 15) is 23.1 Å². The Balaban J connectivity index is 1.99. The molecule has 1 amide bonds. The molecular weight excluding hydrogens is 345 g/mol. The molecule has 2 aromatic rings.